The van der Waals surface area contributed by atoms with Crippen molar-refractivity contribution in [2.45, 2.75) is 25.7 Å². The Hall–Kier alpha value is -1.08. The van der Waals surface area contributed by atoms with Crippen LogP contribution >= 0.6 is 11.6 Å². The zero-order chi connectivity index (χ0) is 11.1. The lowest BCUT2D eigenvalue weighted by Gasteiger charge is -2.00. The molecule has 0 amide bonds. The van der Waals surface area contributed by atoms with Crippen LogP contribution in [0.3, 0.4) is 0 Å². The second-order valence-electron chi connectivity index (χ2n) is 3.52. The SMILES string of the molecule is C=CCCCC(=O)Cc1ccc(Cl)cc1. The lowest BCUT2D eigenvalue weighted by molar-refractivity contribution is -0.118. The van der Waals surface area contributed by atoms with Crippen LogP contribution in [0.4, 0.5) is 0 Å². The van der Waals surface area contributed by atoms with Crippen LogP contribution < -0.4 is 0 Å². The smallest absolute Gasteiger partial charge is 0.137 e. The summed E-state index contributed by atoms with van der Waals surface area (Å²) in [6.07, 6.45) is 4.79. The molecule has 0 bridgehead atoms. The van der Waals surface area contributed by atoms with Crippen molar-refractivity contribution in [3.63, 3.8) is 0 Å². The van der Waals surface area contributed by atoms with E-state index in [1.54, 1.807) is 0 Å². The molecular weight excluding hydrogens is 208 g/mol. The molecule has 0 saturated carbocycles. The fraction of sp³-hybridized carbons (Fsp3) is 0.308. The van der Waals surface area contributed by atoms with Crippen molar-refractivity contribution >= 4 is 17.4 Å². The number of carbonyl (C=O) groups is 1. The largest absolute Gasteiger partial charge is 0.299 e. The standard InChI is InChI=1S/C13H15ClO/c1-2-3-4-5-13(15)10-11-6-8-12(14)9-7-11/h2,6-9H,1,3-5,10H2. The van der Waals surface area contributed by atoms with Gasteiger partial charge in [0.15, 0.2) is 0 Å². The number of allylic oxidation sites excluding steroid dienone is 1. The van der Waals surface area contributed by atoms with Crippen LogP contribution in [-0.4, -0.2) is 5.78 Å². The number of benzene rings is 1. The Morgan fingerprint density at radius 2 is 2.00 bits per heavy atom. The summed E-state index contributed by atoms with van der Waals surface area (Å²) in [5.74, 6) is 0.277. The van der Waals surface area contributed by atoms with E-state index in [-0.39, 0.29) is 5.78 Å². The molecule has 0 saturated heterocycles. The molecule has 0 aliphatic carbocycles. The molecule has 0 radical (unpaired) electrons. The van der Waals surface area contributed by atoms with Crippen LogP contribution in [0.15, 0.2) is 36.9 Å². The van der Waals surface area contributed by atoms with Crippen LogP contribution in [0.25, 0.3) is 0 Å². The van der Waals surface area contributed by atoms with Gasteiger partial charge in [0.1, 0.15) is 5.78 Å². The van der Waals surface area contributed by atoms with Crippen molar-refractivity contribution in [2.75, 3.05) is 0 Å². The van der Waals surface area contributed by atoms with E-state index in [0.29, 0.717) is 17.9 Å². The van der Waals surface area contributed by atoms with Gasteiger partial charge in [-0.2, -0.15) is 0 Å². The van der Waals surface area contributed by atoms with Crippen LogP contribution in [0.5, 0.6) is 0 Å². The summed E-state index contributed by atoms with van der Waals surface area (Å²) in [5, 5.41) is 0.706. The number of ketones is 1. The van der Waals surface area contributed by atoms with Gasteiger partial charge in [-0.1, -0.05) is 29.8 Å². The van der Waals surface area contributed by atoms with Gasteiger partial charge < -0.3 is 0 Å². The summed E-state index contributed by atoms with van der Waals surface area (Å²) in [6.45, 7) is 3.63. The van der Waals surface area contributed by atoms with Gasteiger partial charge >= 0.3 is 0 Å². The van der Waals surface area contributed by atoms with Gasteiger partial charge in [0, 0.05) is 17.9 Å². The summed E-state index contributed by atoms with van der Waals surface area (Å²) >= 11 is 5.75. The normalized spacial score (nSPS) is 9.93. The Bertz CT molecular complexity index is 327. The van der Waals surface area contributed by atoms with Crippen LogP contribution in [0, 0.1) is 0 Å². The van der Waals surface area contributed by atoms with Gasteiger partial charge in [0.25, 0.3) is 0 Å². The molecular formula is C13H15ClO. The molecule has 0 aromatic heterocycles. The highest BCUT2D eigenvalue weighted by Gasteiger charge is 2.02. The molecule has 0 unspecified atom stereocenters. The predicted octanol–water partition coefficient (Wildman–Crippen LogP) is 3.81. The van der Waals surface area contributed by atoms with Crippen LogP contribution in [0.2, 0.25) is 5.02 Å². The third kappa shape index (κ3) is 4.80. The van der Waals surface area contributed by atoms with Crippen LogP contribution in [-0.2, 0) is 11.2 Å². The Labute approximate surface area is 95.8 Å². The number of halogens is 1. The van der Waals surface area contributed by atoms with Gasteiger partial charge in [-0.3, -0.25) is 4.79 Å². The van der Waals surface area contributed by atoms with E-state index in [0.717, 1.165) is 18.4 Å². The summed E-state index contributed by atoms with van der Waals surface area (Å²) in [7, 11) is 0. The minimum atomic E-state index is 0.277. The number of carbonyl (C=O) groups excluding carboxylic acids is 1. The van der Waals surface area contributed by atoms with Gasteiger partial charge in [0.05, 0.1) is 0 Å². The number of hydrogen-bond donors (Lipinski definition) is 0. The second-order valence-corrected chi connectivity index (χ2v) is 3.96. The molecule has 0 aliphatic heterocycles. The van der Waals surface area contributed by atoms with E-state index in [1.807, 2.05) is 30.3 Å². The first-order valence-electron chi connectivity index (χ1n) is 5.09. The molecule has 1 aromatic rings. The molecule has 0 N–H and O–H groups in total. The monoisotopic (exact) mass is 222 g/mol. The molecule has 1 nitrogen and oxygen atoms in total. The number of Topliss-reactive ketones (excluding diaryl/α,β-unsaturated/α-hetero) is 1. The quantitative estimate of drug-likeness (QED) is 0.529. The molecule has 0 atom stereocenters. The fourth-order valence-corrected chi connectivity index (χ4v) is 1.49. The molecule has 0 fully saturated rings. The topological polar surface area (TPSA) is 17.1 Å². The summed E-state index contributed by atoms with van der Waals surface area (Å²) in [4.78, 5) is 11.5. The number of unbranched alkanes of at least 4 members (excludes halogenated alkanes) is 1. The Morgan fingerprint density at radius 1 is 1.33 bits per heavy atom. The maximum atomic E-state index is 11.5. The third-order valence-electron chi connectivity index (χ3n) is 2.18. The number of hydrogen-bond acceptors (Lipinski definition) is 1. The van der Waals surface area contributed by atoms with Crippen molar-refractivity contribution in [3.8, 4) is 0 Å². The maximum Gasteiger partial charge on any atom is 0.137 e. The molecule has 2 heteroatoms. The zero-order valence-electron chi connectivity index (χ0n) is 8.71. The number of rotatable bonds is 6. The maximum absolute atomic E-state index is 11.5. The van der Waals surface area contributed by atoms with E-state index in [4.69, 9.17) is 11.6 Å². The van der Waals surface area contributed by atoms with Gasteiger partial charge in [0.2, 0.25) is 0 Å². The first kappa shape index (κ1) is 12.0. The average molecular weight is 223 g/mol. The first-order valence-corrected chi connectivity index (χ1v) is 5.47. The zero-order valence-corrected chi connectivity index (χ0v) is 9.46. The third-order valence-corrected chi connectivity index (χ3v) is 2.43. The van der Waals surface area contributed by atoms with Crippen LogP contribution in [0.1, 0.15) is 24.8 Å². The summed E-state index contributed by atoms with van der Waals surface area (Å²) < 4.78 is 0. The van der Waals surface area contributed by atoms with Crippen molar-refractivity contribution in [1.82, 2.24) is 0 Å². The lowest BCUT2D eigenvalue weighted by atomic mass is 10.1. The van der Waals surface area contributed by atoms with Gasteiger partial charge in [-0.05, 0) is 30.5 Å². The lowest BCUT2D eigenvalue weighted by Crippen LogP contribution is -2.01. The van der Waals surface area contributed by atoms with Crippen molar-refractivity contribution in [2.24, 2.45) is 0 Å². The Morgan fingerprint density at radius 3 is 2.60 bits per heavy atom. The molecule has 0 aliphatic rings. The Kier molecular flexibility index (Phi) is 5.13. The van der Waals surface area contributed by atoms with E-state index < -0.39 is 0 Å². The van der Waals surface area contributed by atoms with Crippen molar-refractivity contribution < 1.29 is 4.79 Å². The fourth-order valence-electron chi connectivity index (χ4n) is 1.36. The average Bonchev–Trinajstić information content (AvgIpc) is 2.22. The highest BCUT2D eigenvalue weighted by Crippen LogP contribution is 2.11. The minimum absolute atomic E-state index is 0.277. The van der Waals surface area contributed by atoms with E-state index in [2.05, 4.69) is 6.58 Å². The highest BCUT2D eigenvalue weighted by atomic mass is 35.5. The van der Waals surface area contributed by atoms with Crippen molar-refractivity contribution in [1.29, 1.82) is 0 Å². The Balaban J connectivity index is 2.37. The van der Waals surface area contributed by atoms with E-state index >= 15 is 0 Å². The molecule has 15 heavy (non-hydrogen) atoms. The summed E-state index contributed by atoms with van der Waals surface area (Å²) in [6, 6.07) is 7.42. The van der Waals surface area contributed by atoms with Gasteiger partial charge in [-0.25, -0.2) is 0 Å². The van der Waals surface area contributed by atoms with Gasteiger partial charge in [-0.15, -0.1) is 6.58 Å². The van der Waals surface area contributed by atoms with E-state index in [9.17, 15) is 4.79 Å². The summed E-state index contributed by atoms with van der Waals surface area (Å²) in [5.41, 5.74) is 1.03. The molecule has 80 valence electrons. The molecule has 1 aromatic carbocycles. The van der Waals surface area contributed by atoms with E-state index in [1.165, 1.54) is 0 Å². The highest BCUT2D eigenvalue weighted by molar-refractivity contribution is 6.30. The molecule has 0 heterocycles. The molecule has 0 spiro atoms. The predicted molar refractivity (Wildman–Crippen MR) is 64.2 cm³/mol. The second kappa shape index (κ2) is 6.41. The first-order chi connectivity index (χ1) is 7.22. The minimum Gasteiger partial charge on any atom is -0.299 e. The van der Waals surface area contributed by atoms with Crippen molar-refractivity contribution in [3.05, 3.63) is 47.5 Å². The molecule has 1 rings (SSSR count).